The van der Waals surface area contributed by atoms with Gasteiger partial charge in [0.15, 0.2) is 4.34 Å². The van der Waals surface area contributed by atoms with Gasteiger partial charge in [-0.15, -0.1) is 21.5 Å². The molecule has 1 aliphatic carbocycles. The van der Waals surface area contributed by atoms with Gasteiger partial charge in [-0.2, -0.15) is 5.26 Å². The van der Waals surface area contributed by atoms with Crippen molar-refractivity contribution in [1.29, 1.82) is 5.26 Å². The molecule has 30 heavy (non-hydrogen) atoms. The molecule has 3 aromatic rings. The molecule has 0 saturated heterocycles. The molecular formula is C20H18FN5OS3. The molecule has 1 aliphatic rings. The van der Waals surface area contributed by atoms with Gasteiger partial charge in [-0.1, -0.05) is 42.2 Å². The highest BCUT2D eigenvalue weighted by molar-refractivity contribution is 8.01. The molecule has 1 unspecified atom stereocenters. The zero-order valence-corrected chi connectivity index (χ0v) is 18.5. The number of thioether (sulfide) groups is 1. The average Bonchev–Trinajstić information content (AvgIpc) is 3.31. The number of carbonyl (C=O) groups is 1. The molecule has 1 atom stereocenters. The number of fused-ring (bicyclic) bond motifs is 1. The Hall–Kier alpha value is -2.48. The lowest BCUT2D eigenvalue weighted by Gasteiger charge is -2.17. The smallest absolute Gasteiger partial charge is 0.235 e. The van der Waals surface area contributed by atoms with Crippen LogP contribution in [0.4, 0.5) is 20.2 Å². The molecule has 0 spiro atoms. The summed E-state index contributed by atoms with van der Waals surface area (Å²) in [4.78, 5) is 13.6. The van der Waals surface area contributed by atoms with Crippen molar-refractivity contribution in [2.75, 3.05) is 16.4 Å². The number of nitrogens with one attached hydrogen (secondary N) is 2. The van der Waals surface area contributed by atoms with Crippen LogP contribution in [0.15, 0.2) is 28.6 Å². The Bertz CT molecular complexity index is 1120. The highest BCUT2D eigenvalue weighted by atomic mass is 32.2. The van der Waals surface area contributed by atoms with Crippen LogP contribution in [-0.2, 0) is 17.6 Å². The Morgan fingerprint density at radius 3 is 3.00 bits per heavy atom. The van der Waals surface area contributed by atoms with Crippen LogP contribution in [-0.4, -0.2) is 21.9 Å². The number of halogens is 1. The number of hydrogen-bond acceptors (Lipinski definition) is 8. The standard InChI is InChI=1S/C20H18FN5OS3/c1-11-6-7-12-13(9-22)18(29-16(12)8-11)24-17(27)10-28-20-26-25-19(30-20)23-15-5-3-2-4-14(15)21/h2-5,11H,6-8,10H2,1H3,(H,23,25)(H,24,27). The maximum absolute atomic E-state index is 13.7. The second-order valence-electron chi connectivity index (χ2n) is 6.98. The zero-order valence-electron chi connectivity index (χ0n) is 16.1. The summed E-state index contributed by atoms with van der Waals surface area (Å²) in [5.74, 6) is 0.189. The number of benzene rings is 1. The molecule has 1 aromatic carbocycles. The van der Waals surface area contributed by atoms with Crippen LogP contribution in [0.2, 0.25) is 0 Å². The van der Waals surface area contributed by atoms with Crippen LogP contribution in [0.25, 0.3) is 0 Å². The molecule has 2 heterocycles. The molecule has 0 saturated carbocycles. The van der Waals surface area contributed by atoms with E-state index in [4.69, 9.17) is 0 Å². The van der Waals surface area contributed by atoms with Gasteiger partial charge >= 0.3 is 0 Å². The minimum absolute atomic E-state index is 0.151. The minimum Gasteiger partial charge on any atom is -0.328 e. The summed E-state index contributed by atoms with van der Waals surface area (Å²) in [6, 6.07) is 8.58. The molecular weight excluding hydrogens is 441 g/mol. The first kappa shape index (κ1) is 20.8. The molecule has 2 aromatic heterocycles. The number of anilines is 3. The largest absolute Gasteiger partial charge is 0.328 e. The Kier molecular flexibility index (Phi) is 6.32. The first-order valence-corrected chi connectivity index (χ1v) is 12.0. The predicted molar refractivity (Wildman–Crippen MR) is 119 cm³/mol. The Labute approximate surface area is 185 Å². The highest BCUT2D eigenvalue weighted by Crippen LogP contribution is 2.39. The van der Waals surface area contributed by atoms with E-state index in [1.807, 2.05) is 0 Å². The van der Waals surface area contributed by atoms with Gasteiger partial charge in [-0.05, 0) is 42.9 Å². The van der Waals surface area contributed by atoms with Crippen molar-refractivity contribution in [3.05, 3.63) is 46.1 Å². The highest BCUT2D eigenvalue weighted by Gasteiger charge is 2.24. The third-order valence-corrected chi connectivity index (χ3v) is 7.87. The summed E-state index contributed by atoms with van der Waals surface area (Å²) in [6.45, 7) is 2.21. The molecule has 1 amide bonds. The number of carbonyl (C=O) groups excluding carboxylic acids is 1. The van der Waals surface area contributed by atoms with Gasteiger partial charge in [-0.3, -0.25) is 4.79 Å². The van der Waals surface area contributed by atoms with Crippen molar-refractivity contribution in [3.63, 3.8) is 0 Å². The third-order valence-electron chi connectivity index (χ3n) is 4.73. The van der Waals surface area contributed by atoms with Crippen molar-refractivity contribution in [3.8, 4) is 6.07 Å². The van der Waals surface area contributed by atoms with Crippen LogP contribution >= 0.6 is 34.4 Å². The van der Waals surface area contributed by atoms with Gasteiger partial charge in [-0.25, -0.2) is 4.39 Å². The number of amides is 1. The second-order valence-corrected chi connectivity index (χ2v) is 10.3. The first-order valence-electron chi connectivity index (χ1n) is 9.36. The lowest BCUT2D eigenvalue weighted by Crippen LogP contribution is -2.14. The lowest BCUT2D eigenvalue weighted by atomic mass is 9.89. The second kappa shape index (κ2) is 9.12. The average molecular weight is 460 g/mol. The maximum Gasteiger partial charge on any atom is 0.235 e. The van der Waals surface area contributed by atoms with E-state index in [2.05, 4.69) is 33.8 Å². The molecule has 2 N–H and O–H groups in total. The first-order chi connectivity index (χ1) is 14.5. The molecule has 154 valence electrons. The fourth-order valence-corrected chi connectivity index (χ4v) is 6.19. The Morgan fingerprint density at radius 1 is 1.37 bits per heavy atom. The van der Waals surface area contributed by atoms with E-state index in [1.54, 1.807) is 18.2 Å². The fraction of sp³-hybridized carbons (Fsp3) is 0.300. The van der Waals surface area contributed by atoms with E-state index in [-0.39, 0.29) is 17.5 Å². The summed E-state index contributed by atoms with van der Waals surface area (Å²) in [5, 5.41) is 24.4. The number of hydrogen-bond donors (Lipinski definition) is 2. The van der Waals surface area contributed by atoms with Gasteiger partial charge in [0.25, 0.3) is 0 Å². The fourth-order valence-electron chi connectivity index (χ4n) is 3.24. The quantitative estimate of drug-likeness (QED) is 0.492. The lowest BCUT2D eigenvalue weighted by molar-refractivity contribution is -0.113. The summed E-state index contributed by atoms with van der Waals surface area (Å²) >= 11 is 4.01. The minimum atomic E-state index is -0.373. The van der Waals surface area contributed by atoms with E-state index in [1.165, 1.54) is 45.4 Å². The number of thiophene rings is 1. The van der Waals surface area contributed by atoms with E-state index in [9.17, 15) is 14.4 Å². The summed E-state index contributed by atoms with van der Waals surface area (Å²) in [6.07, 6.45) is 2.92. The molecule has 10 heteroatoms. The van der Waals surface area contributed by atoms with E-state index < -0.39 is 0 Å². The van der Waals surface area contributed by atoms with Crippen LogP contribution < -0.4 is 10.6 Å². The van der Waals surface area contributed by atoms with Crippen LogP contribution in [0.3, 0.4) is 0 Å². The number of nitrogens with zero attached hydrogens (tertiary/aromatic N) is 3. The number of para-hydroxylation sites is 1. The van der Waals surface area contributed by atoms with Gasteiger partial charge < -0.3 is 10.6 Å². The van der Waals surface area contributed by atoms with Crippen molar-refractivity contribution >= 4 is 56.2 Å². The molecule has 4 rings (SSSR count). The molecule has 0 radical (unpaired) electrons. The monoisotopic (exact) mass is 459 g/mol. The van der Waals surface area contributed by atoms with Gasteiger partial charge in [0, 0.05) is 4.88 Å². The van der Waals surface area contributed by atoms with Crippen LogP contribution in [0.1, 0.15) is 29.3 Å². The third kappa shape index (κ3) is 4.64. The van der Waals surface area contributed by atoms with Crippen LogP contribution in [0, 0.1) is 23.1 Å². The summed E-state index contributed by atoms with van der Waals surface area (Å²) in [7, 11) is 0. The Morgan fingerprint density at radius 2 is 2.20 bits per heavy atom. The normalized spacial score (nSPS) is 15.3. The molecule has 0 fully saturated rings. The van der Waals surface area contributed by atoms with E-state index >= 15 is 0 Å². The topological polar surface area (TPSA) is 90.7 Å². The van der Waals surface area contributed by atoms with Crippen molar-refractivity contribution < 1.29 is 9.18 Å². The van der Waals surface area contributed by atoms with Crippen LogP contribution in [0.5, 0.6) is 0 Å². The zero-order chi connectivity index (χ0) is 21.1. The van der Waals surface area contributed by atoms with Crippen molar-refractivity contribution in [1.82, 2.24) is 10.2 Å². The summed E-state index contributed by atoms with van der Waals surface area (Å²) < 4.78 is 14.3. The Balaban J connectivity index is 1.35. The molecule has 0 aliphatic heterocycles. The maximum atomic E-state index is 13.7. The predicted octanol–water partition coefficient (Wildman–Crippen LogP) is 5.21. The van der Waals surface area contributed by atoms with E-state index in [0.717, 1.165) is 24.8 Å². The molecule has 6 nitrogen and oxygen atoms in total. The SMILES string of the molecule is CC1CCc2c(sc(NC(=O)CSc3nnc(Nc4ccccc4F)s3)c2C#N)C1. The van der Waals surface area contributed by atoms with E-state index in [0.29, 0.717) is 31.6 Å². The summed E-state index contributed by atoms with van der Waals surface area (Å²) in [5.41, 5.74) is 2.02. The van der Waals surface area contributed by atoms with Gasteiger partial charge in [0.05, 0.1) is 17.0 Å². The van der Waals surface area contributed by atoms with Gasteiger partial charge in [0.2, 0.25) is 11.0 Å². The number of rotatable bonds is 6. The number of nitriles is 1. The number of aromatic nitrogens is 2. The molecule has 0 bridgehead atoms. The van der Waals surface area contributed by atoms with Crippen molar-refractivity contribution in [2.24, 2.45) is 5.92 Å². The van der Waals surface area contributed by atoms with Crippen molar-refractivity contribution in [2.45, 2.75) is 30.5 Å². The van der Waals surface area contributed by atoms with Gasteiger partial charge in [0.1, 0.15) is 16.9 Å².